The van der Waals surface area contributed by atoms with Gasteiger partial charge in [0.25, 0.3) is 0 Å². The summed E-state index contributed by atoms with van der Waals surface area (Å²) in [5.74, 6) is 0. The summed E-state index contributed by atoms with van der Waals surface area (Å²) in [4.78, 5) is 0. The van der Waals surface area contributed by atoms with Crippen LogP contribution in [0.25, 0.3) is 0 Å². The molecule has 0 radical (unpaired) electrons. The van der Waals surface area contributed by atoms with Crippen LogP contribution in [0.15, 0.2) is 0 Å². The molecule has 0 atom stereocenters. The van der Waals surface area contributed by atoms with Crippen LogP contribution in [-0.2, 0) is 21.7 Å². The van der Waals surface area contributed by atoms with Crippen LogP contribution < -0.4 is 0 Å². The molecule has 0 rings (SSSR count). The van der Waals surface area contributed by atoms with Gasteiger partial charge in [-0.05, 0) is 0 Å². The van der Waals surface area contributed by atoms with Crippen molar-refractivity contribution in [2.45, 2.75) is 26.2 Å². The van der Waals surface area contributed by atoms with Gasteiger partial charge in [0.15, 0.2) is 0 Å². The second-order valence-corrected chi connectivity index (χ2v) is 1.21. The first-order valence-electron chi connectivity index (χ1n) is 2.21. The van der Waals surface area contributed by atoms with Crippen LogP contribution in [0.3, 0.4) is 0 Å². The second-order valence-electron chi connectivity index (χ2n) is 1.21. The number of hydrogen-bond acceptors (Lipinski definition) is 0. The summed E-state index contributed by atoms with van der Waals surface area (Å²) >= 11 is 0. The van der Waals surface area contributed by atoms with E-state index >= 15 is 0 Å². The monoisotopic (exact) mass is 173 g/mol. The fourth-order valence-corrected chi connectivity index (χ4v) is 0.250. The van der Waals surface area contributed by atoms with Crippen LogP contribution >= 0.6 is 0 Å². The van der Waals surface area contributed by atoms with Crippen LogP contribution in [0, 0.1) is 6.92 Å². The molecule has 0 aliphatic carbocycles. The Labute approximate surface area is 71.6 Å². The first kappa shape index (κ1) is 33.6. The fourth-order valence-electron chi connectivity index (χ4n) is 0.250. The summed E-state index contributed by atoms with van der Waals surface area (Å²) in [5.41, 5.74) is 0. The molecule has 0 unspecified atom stereocenters. The maximum Gasteiger partial charge on any atom is 0 e. The molecule has 0 bridgehead atoms. The molecule has 0 saturated heterocycles. The van der Waals surface area contributed by atoms with Gasteiger partial charge < -0.3 is 23.4 Å². The topological polar surface area (TPSA) is 94.5 Å². The van der Waals surface area contributed by atoms with Crippen molar-refractivity contribution in [3.63, 3.8) is 0 Å². The Kier molecular flexibility index (Phi) is 143. The van der Waals surface area contributed by atoms with Gasteiger partial charge in [-0.25, -0.2) is 0 Å². The van der Waals surface area contributed by atoms with Gasteiger partial charge >= 0.3 is 0 Å². The third kappa shape index (κ3) is 55.5. The third-order valence-electron chi connectivity index (χ3n) is 0.604. The van der Waals surface area contributed by atoms with Crippen LogP contribution in [0.5, 0.6) is 0 Å². The Balaban J connectivity index is -0.0000000133. The van der Waals surface area contributed by atoms with Crippen molar-refractivity contribution >= 4 is 0 Å². The largest absolute Gasteiger partial charge is 0.412 e. The number of unbranched alkanes of at least 4 members (excludes halogenated alkanes) is 2. The van der Waals surface area contributed by atoms with E-state index in [2.05, 4.69) is 13.8 Å². The van der Waals surface area contributed by atoms with Gasteiger partial charge in [0.2, 0.25) is 0 Å². The normalized spacial score (nSPS) is 4.67. The van der Waals surface area contributed by atoms with E-state index in [1.165, 1.54) is 12.8 Å². The Morgan fingerprint density at radius 1 is 1.11 bits per heavy atom. The molecule has 0 aromatic heterocycles. The van der Waals surface area contributed by atoms with Gasteiger partial charge in [0, 0.05) is 21.7 Å². The Hall–Kier alpha value is 0.594. The van der Waals surface area contributed by atoms with Crippen molar-refractivity contribution in [2.75, 3.05) is 0 Å². The Bertz CT molecular complexity index is 19.7. The molecule has 0 spiro atoms. The molecule has 3 nitrogen and oxygen atoms in total. The number of rotatable bonds is 2. The third-order valence-corrected chi connectivity index (χ3v) is 0.604. The summed E-state index contributed by atoms with van der Waals surface area (Å²) in [5, 5.41) is 0. The predicted octanol–water partition coefficient (Wildman–Crippen LogP) is -0.466. The molecule has 0 aliphatic heterocycles. The van der Waals surface area contributed by atoms with Crippen molar-refractivity contribution in [1.82, 2.24) is 0 Å². The molecule has 0 saturated carbocycles. The van der Waals surface area contributed by atoms with E-state index in [1.54, 1.807) is 0 Å². The summed E-state index contributed by atoms with van der Waals surface area (Å²) in [6.07, 6.45) is 3.65. The van der Waals surface area contributed by atoms with Crippen molar-refractivity contribution < 1.29 is 38.1 Å². The van der Waals surface area contributed by atoms with Gasteiger partial charge in [-0.2, -0.15) is 6.42 Å². The van der Waals surface area contributed by atoms with Crippen molar-refractivity contribution in [3.8, 4) is 0 Å². The number of hydrogen-bond donors (Lipinski definition) is 0. The van der Waals surface area contributed by atoms with Gasteiger partial charge in [0.05, 0.1) is 0 Å². The van der Waals surface area contributed by atoms with E-state index in [-0.39, 0.29) is 38.1 Å². The van der Waals surface area contributed by atoms with Crippen molar-refractivity contribution in [1.29, 1.82) is 0 Å². The first-order chi connectivity index (χ1) is 2.41. The van der Waals surface area contributed by atoms with E-state index in [9.17, 15) is 0 Å². The van der Waals surface area contributed by atoms with Crippen molar-refractivity contribution in [2.24, 2.45) is 0 Å². The average molecular weight is 173 g/mol. The van der Waals surface area contributed by atoms with Crippen LogP contribution in [0.4, 0.5) is 0 Å². The van der Waals surface area contributed by atoms with E-state index in [0.29, 0.717) is 0 Å². The minimum absolute atomic E-state index is 0. The standard InChI is InChI=1S/C5H11.3H2O.Ti/c1-3-5-4-2;;;;/h1,3-5H2,2H3;3*1H2;/q-1;;;;. The van der Waals surface area contributed by atoms with Gasteiger partial charge in [-0.3, -0.25) is 0 Å². The summed E-state index contributed by atoms with van der Waals surface area (Å²) in [6, 6.07) is 0. The second kappa shape index (κ2) is 38.4. The maximum atomic E-state index is 3.68. The zero-order valence-corrected chi connectivity index (χ0v) is 7.39. The van der Waals surface area contributed by atoms with Gasteiger partial charge in [-0.15, -0.1) is 0 Å². The molecule has 0 fully saturated rings. The fraction of sp³-hybridized carbons (Fsp3) is 0.800. The first-order valence-corrected chi connectivity index (χ1v) is 2.21. The minimum atomic E-state index is 0. The molecule has 0 aromatic rings. The molecule has 6 N–H and O–H groups in total. The van der Waals surface area contributed by atoms with Gasteiger partial charge in [0.1, 0.15) is 0 Å². The van der Waals surface area contributed by atoms with E-state index in [4.69, 9.17) is 0 Å². The predicted molar refractivity (Wildman–Crippen MR) is 35.7 cm³/mol. The quantitative estimate of drug-likeness (QED) is 0.398. The maximum absolute atomic E-state index is 3.68. The summed E-state index contributed by atoms with van der Waals surface area (Å²) in [6.45, 7) is 5.85. The zero-order chi connectivity index (χ0) is 4.12. The molecule has 0 aromatic carbocycles. The van der Waals surface area contributed by atoms with E-state index in [0.717, 1.165) is 6.42 Å². The van der Waals surface area contributed by atoms with E-state index in [1.807, 2.05) is 0 Å². The Morgan fingerprint density at radius 3 is 1.44 bits per heavy atom. The molecule has 60 valence electrons. The molecule has 0 aliphatic rings. The van der Waals surface area contributed by atoms with Crippen LogP contribution in [0.1, 0.15) is 26.2 Å². The van der Waals surface area contributed by atoms with Crippen LogP contribution in [-0.4, -0.2) is 16.4 Å². The molecule has 9 heavy (non-hydrogen) atoms. The van der Waals surface area contributed by atoms with E-state index < -0.39 is 0 Å². The average Bonchev–Trinajstić information content (AvgIpc) is 1.41. The van der Waals surface area contributed by atoms with Crippen molar-refractivity contribution in [3.05, 3.63) is 6.92 Å². The smallest absolute Gasteiger partial charge is 0 e. The minimum Gasteiger partial charge on any atom is -0.412 e. The molecular weight excluding hydrogens is 156 g/mol. The zero-order valence-electron chi connectivity index (χ0n) is 5.83. The van der Waals surface area contributed by atoms with Gasteiger partial charge in [-0.1, -0.05) is 19.8 Å². The van der Waals surface area contributed by atoms with Crippen LogP contribution in [0.2, 0.25) is 0 Å². The molecule has 0 heterocycles. The molecule has 4 heteroatoms. The molecular formula is C5H17O3Ti-. The molecule has 0 amide bonds. The SMILES string of the molecule is O.O.O.[CH2-]CCCC.[Ti]. The summed E-state index contributed by atoms with van der Waals surface area (Å²) in [7, 11) is 0. The summed E-state index contributed by atoms with van der Waals surface area (Å²) < 4.78 is 0. The Morgan fingerprint density at radius 2 is 1.44 bits per heavy atom.